The van der Waals surface area contributed by atoms with Crippen molar-refractivity contribution in [3.05, 3.63) is 64.1 Å². The molecule has 0 saturated carbocycles. The van der Waals surface area contributed by atoms with Gasteiger partial charge in [0.25, 0.3) is 11.5 Å². The molecular formula is C20H19FN6O5. The summed E-state index contributed by atoms with van der Waals surface area (Å²) in [5.41, 5.74) is -1.09. The summed E-state index contributed by atoms with van der Waals surface area (Å²) in [6.07, 6.45) is 3.20. The van der Waals surface area contributed by atoms with Crippen molar-refractivity contribution in [2.24, 2.45) is 0 Å². The Labute approximate surface area is 180 Å². The second-order valence-electron chi connectivity index (χ2n) is 7.53. The zero-order chi connectivity index (χ0) is 22.3. The van der Waals surface area contributed by atoms with E-state index in [0.717, 1.165) is 0 Å². The van der Waals surface area contributed by atoms with Gasteiger partial charge >= 0.3 is 0 Å². The Bertz CT molecular complexity index is 1240. The first-order valence-electron chi connectivity index (χ1n) is 9.96. The van der Waals surface area contributed by atoms with E-state index in [1.165, 1.54) is 40.1 Å². The van der Waals surface area contributed by atoms with Gasteiger partial charge in [-0.2, -0.15) is 5.10 Å². The molecule has 1 unspecified atom stereocenters. The van der Waals surface area contributed by atoms with Gasteiger partial charge in [-0.3, -0.25) is 14.2 Å². The molecule has 32 heavy (non-hydrogen) atoms. The lowest BCUT2D eigenvalue weighted by molar-refractivity contribution is -0.0852. The maximum atomic E-state index is 13.8. The van der Waals surface area contributed by atoms with Crippen LogP contribution in [0.2, 0.25) is 0 Å². The Balaban J connectivity index is 1.45. The molecule has 1 aromatic carbocycles. The third-order valence-corrected chi connectivity index (χ3v) is 5.60. The molecule has 2 aliphatic heterocycles. The van der Waals surface area contributed by atoms with Gasteiger partial charge in [0.15, 0.2) is 11.3 Å². The van der Waals surface area contributed by atoms with Crippen molar-refractivity contribution in [2.45, 2.75) is 25.1 Å². The minimum absolute atomic E-state index is 0.0292. The molecule has 2 aliphatic rings. The van der Waals surface area contributed by atoms with Crippen LogP contribution in [0.3, 0.4) is 0 Å². The van der Waals surface area contributed by atoms with Gasteiger partial charge in [0.05, 0.1) is 32.1 Å². The third-order valence-electron chi connectivity index (χ3n) is 5.60. The number of aromatic hydroxyl groups is 1. The Hall–Kier alpha value is -3.64. The van der Waals surface area contributed by atoms with Crippen LogP contribution >= 0.6 is 0 Å². The van der Waals surface area contributed by atoms with Crippen LogP contribution in [0.5, 0.6) is 5.75 Å². The number of amides is 1. The first-order chi connectivity index (χ1) is 15.5. The van der Waals surface area contributed by atoms with Crippen molar-refractivity contribution in [1.82, 2.24) is 29.6 Å². The number of hydrogen-bond donors (Lipinski definition) is 2. The van der Waals surface area contributed by atoms with Crippen LogP contribution in [-0.2, 0) is 28.2 Å². The Morgan fingerprint density at radius 1 is 1.34 bits per heavy atom. The molecule has 5 rings (SSSR count). The van der Waals surface area contributed by atoms with Crippen LogP contribution in [0.1, 0.15) is 28.3 Å². The van der Waals surface area contributed by atoms with Crippen LogP contribution in [0.4, 0.5) is 4.39 Å². The monoisotopic (exact) mass is 442 g/mol. The number of hydrogen-bond acceptors (Lipinski definition) is 8. The van der Waals surface area contributed by atoms with Crippen LogP contribution in [0, 0.1) is 5.82 Å². The second kappa shape index (κ2) is 7.80. The number of fused-ring (bicyclic) bond motifs is 2. The number of rotatable bonds is 4. The number of carbonyl (C=O) groups is 1. The zero-order valence-electron chi connectivity index (χ0n) is 16.8. The molecule has 0 bridgehead atoms. The molecule has 2 N–H and O–H groups in total. The Kier molecular flexibility index (Phi) is 4.94. The molecule has 0 aliphatic carbocycles. The number of nitrogens with one attached hydrogen (secondary N) is 1. The highest BCUT2D eigenvalue weighted by Gasteiger charge is 2.45. The van der Waals surface area contributed by atoms with E-state index in [-0.39, 0.29) is 32.1 Å². The highest BCUT2D eigenvalue weighted by molar-refractivity contribution is 5.94. The zero-order valence-corrected chi connectivity index (χ0v) is 16.8. The molecule has 1 fully saturated rings. The van der Waals surface area contributed by atoms with E-state index in [9.17, 15) is 19.1 Å². The van der Waals surface area contributed by atoms with Gasteiger partial charge in [0.1, 0.15) is 24.3 Å². The van der Waals surface area contributed by atoms with Crippen LogP contribution in [0.25, 0.3) is 5.69 Å². The summed E-state index contributed by atoms with van der Waals surface area (Å²) >= 11 is 0. The fourth-order valence-corrected chi connectivity index (χ4v) is 3.98. The molecule has 1 spiro atoms. The molecule has 12 heteroatoms. The lowest BCUT2D eigenvalue weighted by Crippen LogP contribution is -2.45. The fourth-order valence-electron chi connectivity index (χ4n) is 3.98. The maximum Gasteiger partial charge on any atom is 0.296 e. The average Bonchev–Trinajstić information content (AvgIpc) is 3.49. The van der Waals surface area contributed by atoms with E-state index in [4.69, 9.17) is 9.47 Å². The predicted octanol–water partition coefficient (Wildman–Crippen LogP) is 0.244. The minimum Gasteiger partial charge on any atom is -0.501 e. The molecule has 3 aromatic rings. The van der Waals surface area contributed by atoms with Crippen LogP contribution in [-0.4, -0.2) is 55.1 Å². The van der Waals surface area contributed by atoms with E-state index in [1.54, 1.807) is 0 Å². The van der Waals surface area contributed by atoms with Crippen LogP contribution < -0.4 is 10.9 Å². The fraction of sp³-hybridized carbons (Fsp3) is 0.350. The van der Waals surface area contributed by atoms with Crippen molar-refractivity contribution in [3.8, 4) is 11.4 Å². The van der Waals surface area contributed by atoms with E-state index in [0.29, 0.717) is 24.3 Å². The van der Waals surface area contributed by atoms with Crippen molar-refractivity contribution < 1.29 is 23.8 Å². The van der Waals surface area contributed by atoms with Gasteiger partial charge in [0, 0.05) is 13.0 Å². The largest absolute Gasteiger partial charge is 0.501 e. The highest BCUT2D eigenvalue weighted by atomic mass is 19.1. The van der Waals surface area contributed by atoms with E-state index in [2.05, 4.69) is 20.4 Å². The highest BCUT2D eigenvalue weighted by Crippen LogP contribution is 2.36. The molecule has 0 radical (unpaired) electrons. The van der Waals surface area contributed by atoms with Gasteiger partial charge in [-0.15, -0.1) is 0 Å². The van der Waals surface area contributed by atoms with Gasteiger partial charge in [-0.25, -0.2) is 19.0 Å². The SMILES string of the molecule is O=C(NCc1ccc(F)cc1-n1cncn1)c1nc2n(c(=O)c1O)CCOC21CCOC1. The molecule has 4 heterocycles. The van der Waals surface area contributed by atoms with Gasteiger partial charge in [-0.05, 0) is 17.7 Å². The second-order valence-corrected chi connectivity index (χ2v) is 7.53. The molecule has 2 aromatic heterocycles. The summed E-state index contributed by atoms with van der Waals surface area (Å²) in [4.78, 5) is 33.8. The summed E-state index contributed by atoms with van der Waals surface area (Å²) in [5, 5.41) is 17.0. The van der Waals surface area contributed by atoms with Crippen molar-refractivity contribution in [3.63, 3.8) is 0 Å². The van der Waals surface area contributed by atoms with E-state index >= 15 is 0 Å². The number of carbonyl (C=O) groups excluding carboxylic acids is 1. The van der Waals surface area contributed by atoms with Gasteiger partial charge in [-0.1, -0.05) is 6.07 Å². The Morgan fingerprint density at radius 3 is 2.97 bits per heavy atom. The number of halogens is 1. The summed E-state index contributed by atoms with van der Waals surface area (Å²) in [5.74, 6) is -1.70. The summed E-state index contributed by atoms with van der Waals surface area (Å²) in [6.45, 7) is 1.11. The normalized spacial score (nSPS) is 19.8. The molecule has 1 saturated heterocycles. The van der Waals surface area contributed by atoms with E-state index < -0.39 is 34.3 Å². The first kappa shape index (κ1) is 20.3. The first-order valence-corrected chi connectivity index (χ1v) is 9.96. The molecule has 11 nitrogen and oxygen atoms in total. The van der Waals surface area contributed by atoms with Crippen molar-refractivity contribution in [1.29, 1.82) is 0 Å². The minimum atomic E-state index is -0.919. The smallest absolute Gasteiger partial charge is 0.296 e. The third kappa shape index (κ3) is 3.33. The molecule has 1 amide bonds. The number of nitrogens with zero attached hydrogens (tertiary/aromatic N) is 5. The average molecular weight is 442 g/mol. The van der Waals surface area contributed by atoms with Crippen LogP contribution in [0.15, 0.2) is 35.6 Å². The summed E-state index contributed by atoms with van der Waals surface area (Å²) in [6, 6.07) is 4.02. The lowest BCUT2D eigenvalue weighted by Gasteiger charge is -2.34. The number of benzene rings is 1. The van der Waals surface area contributed by atoms with E-state index in [1.807, 2.05) is 0 Å². The molecular weight excluding hydrogens is 423 g/mol. The maximum absolute atomic E-state index is 13.8. The summed E-state index contributed by atoms with van der Waals surface area (Å²) in [7, 11) is 0. The lowest BCUT2D eigenvalue weighted by atomic mass is 10.00. The topological polar surface area (TPSA) is 133 Å². The Morgan fingerprint density at radius 2 is 2.22 bits per heavy atom. The standard InChI is InChI=1S/C20H19FN6O5/c21-13-2-1-12(14(7-13)27-11-22-10-24-27)8-23-17(29)15-16(28)18(30)26-4-6-32-20(19(26)25-15)3-5-31-9-20/h1-2,7,10-11,28H,3-6,8-9H2,(H,23,29). The summed E-state index contributed by atoms with van der Waals surface area (Å²) < 4.78 is 27.8. The molecule has 1 atom stereocenters. The quantitative estimate of drug-likeness (QED) is 0.587. The van der Waals surface area contributed by atoms with Gasteiger partial charge in [0.2, 0.25) is 5.75 Å². The van der Waals surface area contributed by atoms with Crippen molar-refractivity contribution >= 4 is 5.91 Å². The molecule has 166 valence electrons. The van der Waals surface area contributed by atoms with Crippen molar-refractivity contribution in [2.75, 3.05) is 19.8 Å². The number of aromatic nitrogens is 5. The number of ether oxygens (including phenoxy) is 2. The predicted molar refractivity (Wildman–Crippen MR) is 106 cm³/mol. The van der Waals surface area contributed by atoms with Gasteiger partial charge < -0.3 is 19.9 Å².